The predicted octanol–water partition coefficient (Wildman–Crippen LogP) is 5.60. The third-order valence-electron chi connectivity index (χ3n) is 6.17. The summed E-state index contributed by atoms with van der Waals surface area (Å²) >= 11 is 0. The summed E-state index contributed by atoms with van der Waals surface area (Å²) in [7, 11) is 7.82. The first-order chi connectivity index (χ1) is 17.7. The van der Waals surface area contributed by atoms with Crippen LogP contribution in [0, 0.1) is 13.8 Å². The number of hydrogen-bond acceptors (Lipinski definition) is 8. The molecule has 0 aliphatic rings. The van der Waals surface area contributed by atoms with Crippen LogP contribution in [0.5, 0.6) is 28.7 Å². The molecule has 37 heavy (non-hydrogen) atoms. The molecule has 4 aromatic carbocycles. The quantitative estimate of drug-likeness (QED) is 0.257. The van der Waals surface area contributed by atoms with Crippen LogP contribution in [0.25, 0.3) is 32.7 Å². The molecule has 0 bridgehead atoms. The second-order valence-corrected chi connectivity index (χ2v) is 8.38. The smallest absolute Gasteiger partial charge is 0.168 e. The summed E-state index contributed by atoms with van der Waals surface area (Å²) < 4.78 is 21.3. The first-order valence-electron chi connectivity index (χ1n) is 11.3. The Bertz CT molecular complexity index is 1500. The predicted molar refractivity (Wildman–Crippen MR) is 143 cm³/mol. The van der Waals surface area contributed by atoms with Crippen molar-refractivity contribution >= 4 is 34.1 Å². The molecular formula is C29H30O8. The normalized spacial score (nSPS) is 10.6. The molecule has 194 valence electrons. The van der Waals surface area contributed by atoms with E-state index in [4.69, 9.17) is 14.2 Å². The molecule has 0 aliphatic heterocycles. The first kappa shape index (κ1) is 27.3. The van der Waals surface area contributed by atoms with Crippen LogP contribution in [0.3, 0.4) is 0 Å². The summed E-state index contributed by atoms with van der Waals surface area (Å²) in [6.45, 7) is 3.77. The number of fused-ring (bicyclic) bond motifs is 2. The molecule has 0 heterocycles. The molecule has 0 radical (unpaired) electrons. The van der Waals surface area contributed by atoms with Gasteiger partial charge in [0.05, 0.1) is 32.5 Å². The van der Waals surface area contributed by atoms with Gasteiger partial charge in [-0.1, -0.05) is 0 Å². The summed E-state index contributed by atoms with van der Waals surface area (Å²) in [6.07, 6.45) is 1.27. The Morgan fingerprint density at radius 1 is 0.649 bits per heavy atom. The van der Waals surface area contributed by atoms with Crippen molar-refractivity contribution in [1.29, 1.82) is 0 Å². The highest BCUT2D eigenvalue weighted by Gasteiger charge is 2.25. The standard InChI is InChI=1S/C27H24O7.C2H6O/c1-13-8-16-15(6-7-22(32-3)19(16)11-28)26(33-4)23(13)24-14(2)9-17-18(27(24)34-5)10-21(30)25(31)20(17)12-29;1-3-2/h6-12,30-31H,1-5H3;1-2H3. The lowest BCUT2D eigenvalue weighted by Crippen LogP contribution is -2.01. The molecule has 0 fully saturated rings. The van der Waals surface area contributed by atoms with Gasteiger partial charge in [0.1, 0.15) is 17.2 Å². The van der Waals surface area contributed by atoms with Gasteiger partial charge in [0, 0.05) is 41.5 Å². The molecule has 0 aliphatic carbocycles. The van der Waals surface area contributed by atoms with Crippen molar-refractivity contribution in [3.05, 3.63) is 52.6 Å². The van der Waals surface area contributed by atoms with Gasteiger partial charge in [-0.3, -0.25) is 9.59 Å². The van der Waals surface area contributed by atoms with Gasteiger partial charge >= 0.3 is 0 Å². The number of carbonyl (C=O) groups excluding carboxylic acids is 2. The van der Waals surface area contributed by atoms with Crippen molar-refractivity contribution < 1.29 is 38.7 Å². The molecule has 2 N–H and O–H groups in total. The van der Waals surface area contributed by atoms with Gasteiger partial charge in [-0.15, -0.1) is 0 Å². The van der Waals surface area contributed by atoms with Crippen molar-refractivity contribution in [1.82, 2.24) is 0 Å². The van der Waals surface area contributed by atoms with E-state index in [2.05, 4.69) is 4.74 Å². The van der Waals surface area contributed by atoms with Crippen LogP contribution in [0.1, 0.15) is 31.8 Å². The van der Waals surface area contributed by atoms with E-state index in [-0.39, 0.29) is 5.56 Å². The number of ether oxygens (including phenoxy) is 4. The number of carbonyl (C=O) groups is 2. The summed E-state index contributed by atoms with van der Waals surface area (Å²) in [5.74, 6) is 0.519. The molecule has 4 aromatic rings. The van der Waals surface area contributed by atoms with E-state index in [1.54, 1.807) is 33.5 Å². The number of rotatable bonds is 6. The Balaban J connectivity index is 0.00000121. The van der Waals surface area contributed by atoms with E-state index in [0.717, 1.165) is 28.4 Å². The van der Waals surface area contributed by atoms with Crippen LogP contribution in [-0.4, -0.2) is 58.3 Å². The highest BCUT2D eigenvalue weighted by molar-refractivity contribution is 6.11. The molecule has 0 saturated heterocycles. The van der Waals surface area contributed by atoms with E-state index in [1.165, 1.54) is 20.3 Å². The average molecular weight is 507 g/mol. The SMILES string of the molecule is COC.COc1ccc2c(OC)c(-c3c(C)cc4c(C=O)c(O)c(O)cc4c3OC)c(C)cc2c1C=O. The summed E-state index contributed by atoms with van der Waals surface area (Å²) in [6, 6.07) is 8.59. The van der Waals surface area contributed by atoms with E-state index in [9.17, 15) is 19.8 Å². The molecule has 8 nitrogen and oxygen atoms in total. The van der Waals surface area contributed by atoms with Crippen molar-refractivity contribution in [2.24, 2.45) is 0 Å². The Morgan fingerprint density at radius 3 is 1.59 bits per heavy atom. The molecule has 0 aromatic heterocycles. The largest absolute Gasteiger partial charge is 0.504 e. The second kappa shape index (κ2) is 11.2. The molecule has 0 amide bonds. The van der Waals surface area contributed by atoms with Crippen molar-refractivity contribution in [3.8, 4) is 39.9 Å². The van der Waals surface area contributed by atoms with Crippen LogP contribution in [0.4, 0.5) is 0 Å². The van der Waals surface area contributed by atoms with Crippen molar-refractivity contribution in [3.63, 3.8) is 0 Å². The fourth-order valence-electron chi connectivity index (χ4n) is 4.68. The summed E-state index contributed by atoms with van der Waals surface area (Å²) in [5.41, 5.74) is 3.44. The molecule has 4 rings (SSSR count). The van der Waals surface area contributed by atoms with Gasteiger partial charge in [0.2, 0.25) is 0 Å². The molecule has 0 unspecified atom stereocenters. The molecule has 0 atom stereocenters. The van der Waals surface area contributed by atoms with Gasteiger partial charge in [0.15, 0.2) is 24.1 Å². The van der Waals surface area contributed by atoms with Crippen molar-refractivity contribution in [2.75, 3.05) is 35.5 Å². The summed E-state index contributed by atoms with van der Waals surface area (Å²) in [5, 5.41) is 22.8. The number of hydrogen-bond donors (Lipinski definition) is 2. The zero-order chi connectivity index (χ0) is 27.4. The maximum Gasteiger partial charge on any atom is 0.168 e. The number of methoxy groups -OCH3 is 4. The lowest BCUT2D eigenvalue weighted by Gasteiger charge is -2.22. The number of phenols is 2. The Morgan fingerprint density at radius 2 is 1.14 bits per heavy atom. The van der Waals surface area contributed by atoms with Gasteiger partial charge in [-0.05, 0) is 60.7 Å². The highest BCUT2D eigenvalue weighted by atomic mass is 16.5. The number of aldehydes is 2. The van der Waals surface area contributed by atoms with E-state index in [0.29, 0.717) is 50.8 Å². The minimum atomic E-state index is -0.480. The monoisotopic (exact) mass is 506 g/mol. The zero-order valence-corrected chi connectivity index (χ0v) is 21.9. The number of aromatic hydroxyl groups is 2. The third-order valence-corrected chi connectivity index (χ3v) is 6.17. The number of benzene rings is 4. The van der Waals surface area contributed by atoms with Gasteiger partial charge < -0.3 is 29.2 Å². The van der Waals surface area contributed by atoms with Gasteiger partial charge in [-0.2, -0.15) is 0 Å². The van der Waals surface area contributed by atoms with Gasteiger partial charge in [0.25, 0.3) is 0 Å². The highest BCUT2D eigenvalue weighted by Crippen LogP contribution is 2.50. The van der Waals surface area contributed by atoms with Crippen LogP contribution in [-0.2, 0) is 4.74 Å². The minimum absolute atomic E-state index is 0.0205. The van der Waals surface area contributed by atoms with E-state index >= 15 is 0 Å². The topological polar surface area (TPSA) is 112 Å². The number of phenolic OH excluding ortho intramolecular Hbond substituents is 2. The fraction of sp³-hybridized carbons (Fsp3) is 0.241. The minimum Gasteiger partial charge on any atom is -0.504 e. The Kier molecular flexibility index (Phi) is 8.24. The van der Waals surface area contributed by atoms with Crippen LogP contribution in [0.15, 0.2) is 30.3 Å². The summed E-state index contributed by atoms with van der Waals surface area (Å²) in [4.78, 5) is 23.6. The lowest BCUT2D eigenvalue weighted by atomic mass is 9.87. The molecule has 8 heteroatoms. The van der Waals surface area contributed by atoms with Crippen LogP contribution < -0.4 is 14.2 Å². The Hall–Kier alpha value is -4.30. The average Bonchev–Trinajstić information content (AvgIpc) is 2.88. The zero-order valence-electron chi connectivity index (χ0n) is 21.9. The lowest BCUT2D eigenvalue weighted by molar-refractivity contribution is 0.111. The number of aryl methyl sites for hydroxylation is 2. The molecule has 0 spiro atoms. The van der Waals surface area contributed by atoms with Crippen LogP contribution in [0.2, 0.25) is 0 Å². The molecule has 0 saturated carbocycles. The maximum atomic E-state index is 11.9. The Labute approximate surface area is 215 Å². The molecular weight excluding hydrogens is 476 g/mol. The van der Waals surface area contributed by atoms with E-state index in [1.807, 2.05) is 26.0 Å². The fourth-order valence-corrected chi connectivity index (χ4v) is 4.68. The van der Waals surface area contributed by atoms with Crippen molar-refractivity contribution in [2.45, 2.75) is 13.8 Å². The van der Waals surface area contributed by atoms with Crippen LogP contribution >= 0.6 is 0 Å². The first-order valence-corrected chi connectivity index (χ1v) is 11.3. The second-order valence-electron chi connectivity index (χ2n) is 8.38. The van der Waals surface area contributed by atoms with Gasteiger partial charge in [-0.25, -0.2) is 0 Å². The maximum absolute atomic E-state index is 11.9. The third kappa shape index (κ3) is 4.51. The van der Waals surface area contributed by atoms with E-state index < -0.39 is 11.5 Å².